The highest BCUT2D eigenvalue weighted by molar-refractivity contribution is 8.00. The molecule has 0 bridgehead atoms. The second-order valence-electron chi connectivity index (χ2n) is 7.56. The highest BCUT2D eigenvalue weighted by atomic mass is 32.2. The van der Waals surface area contributed by atoms with Gasteiger partial charge in [-0.25, -0.2) is 0 Å². The van der Waals surface area contributed by atoms with Crippen LogP contribution in [0.5, 0.6) is 11.5 Å². The summed E-state index contributed by atoms with van der Waals surface area (Å²) < 4.78 is 15.6. The molecule has 0 saturated heterocycles. The molecule has 0 unspecified atom stereocenters. The smallest absolute Gasteiger partial charge is 0.316 e. The molecule has 9 heteroatoms. The van der Waals surface area contributed by atoms with E-state index >= 15 is 0 Å². The Morgan fingerprint density at radius 2 is 1.70 bits per heavy atom. The van der Waals surface area contributed by atoms with Gasteiger partial charge < -0.3 is 24.8 Å². The lowest BCUT2D eigenvalue weighted by Crippen LogP contribution is -2.30. The third-order valence-electron chi connectivity index (χ3n) is 5.02. The number of esters is 1. The van der Waals surface area contributed by atoms with Crippen molar-refractivity contribution in [1.29, 1.82) is 0 Å². The van der Waals surface area contributed by atoms with Crippen LogP contribution in [0.3, 0.4) is 0 Å². The minimum absolute atomic E-state index is 0.0156. The molecule has 0 aliphatic rings. The van der Waals surface area contributed by atoms with Crippen molar-refractivity contribution in [3.8, 4) is 11.5 Å². The fourth-order valence-electron chi connectivity index (χ4n) is 3.24. The number of ether oxygens (including phenoxy) is 3. The lowest BCUT2D eigenvalue weighted by Gasteiger charge is -2.13. The normalized spacial score (nSPS) is 10.8. The maximum absolute atomic E-state index is 13.3. The first-order valence-corrected chi connectivity index (χ1v) is 12.4. The van der Waals surface area contributed by atoms with Gasteiger partial charge in [0, 0.05) is 27.8 Å². The first-order valence-electron chi connectivity index (χ1n) is 11.4. The molecular weight excluding hydrogens is 492 g/mol. The molecule has 0 radical (unpaired) electrons. The summed E-state index contributed by atoms with van der Waals surface area (Å²) in [6, 6.07) is 20.8. The van der Waals surface area contributed by atoms with Gasteiger partial charge in [0.15, 0.2) is 0 Å². The minimum atomic E-state index is -0.533. The zero-order chi connectivity index (χ0) is 26.6. The summed E-state index contributed by atoms with van der Waals surface area (Å²) in [5.41, 5.74) is 1.49. The van der Waals surface area contributed by atoms with Crippen molar-refractivity contribution in [2.75, 3.05) is 31.9 Å². The van der Waals surface area contributed by atoms with E-state index in [2.05, 4.69) is 10.6 Å². The number of benzene rings is 3. The number of amides is 2. The van der Waals surface area contributed by atoms with E-state index in [1.807, 2.05) is 6.07 Å². The van der Waals surface area contributed by atoms with E-state index in [-0.39, 0.29) is 17.4 Å². The van der Waals surface area contributed by atoms with Gasteiger partial charge in [-0.2, -0.15) is 0 Å². The van der Waals surface area contributed by atoms with Gasteiger partial charge in [0.25, 0.3) is 11.8 Å². The monoisotopic (exact) mass is 520 g/mol. The topological polar surface area (TPSA) is 103 Å². The van der Waals surface area contributed by atoms with E-state index in [1.165, 1.54) is 24.9 Å². The quantitative estimate of drug-likeness (QED) is 0.213. The molecule has 0 saturated carbocycles. The third kappa shape index (κ3) is 8.15. The molecule has 0 aliphatic heterocycles. The Morgan fingerprint density at radius 1 is 0.919 bits per heavy atom. The molecule has 2 N–H and O–H groups in total. The molecule has 0 heterocycles. The molecule has 0 aromatic heterocycles. The van der Waals surface area contributed by atoms with Crippen LogP contribution in [0.2, 0.25) is 0 Å². The van der Waals surface area contributed by atoms with Gasteiger partial charge in [0.1, 0.15) is 17.2 Å². The molecular formula is C28H28N2O6S. The number of thioether (sulfide) groups is 1. The van der Waals surface area contributed by atoms with Gasteiger partial charge in [-0.1, -0.05) is 24.3 Å². The van der Waals surface area contributed by atoms with Gasteiger partial charge in [-0.15, -0.1) is 11.8 Å². The number of methoxy groups -OCH3 is 2. The summed E-state index contributed by atoms with van der Waals surface area (Å²) in [7, 11) is 3.05. The van der Waals surface area contributed by atoms with Crippen LogP contribution in [-0.4, -0.2) is 44.4 Å². The van der Waals surface area contributed by atoms with Gasteiger partial charge in [-0.3, -0.25) is 14.4 Å². The number of hydrogen-bond donors (Lipinski definition) is 2. The average Bonchev–Trinajstić information content (AvgIpc) is 2.92. The van der Waals surface area contributed by atoms with Crippen molar-refractivity contribution in [1.82, 2.24) is 5.32 Å². The fraction of sp³-hybridized carbons (Fsp3) is 0.179. The Hall–Kier alpha value is -4.24. The zero-order valence-electron chi connectivity index (χ0n) is 20.8. The second-order valence-corrected chi connectivity index (χ2v) is 8.61. The number of carbonyl (C=O) groups is 3. The lowest BCUT2D eigenvalue weighted by atomic mass is 10.1. The van der Waals surface area contributed by atoms with Crippen LogP contribution in [0.25, 0.3) is 6.08 Å². The van der Waals surface area contributed by atoms with Gasteiger partial charge >= 0.3 is 5.97 Å². The van der Waals surface area contributed by atoms with Crippen LogP contribution < -0.4 is 20.1 Å². The van der Waals surface area contributed by atoms with E-state index in [0.29, 0.717) is 34.9 Å². The summed E-state index contributed by atoms with van der Waals surface area (Å²) in [5.74, 6) is -0.0746. The van der Waals surface area contributed by atoms with E-state index in [9.17, 15) is 14.4 Å². The molecule has 8 nitrogen and oxygen atoms in total. The molecule has 2 amide bonds. The number of hydrogen-bond acceptors (Lipinski definition) is 7. The number of nitrogens with one attached hydrogen (secondary N) is 2. The molecule has 0 spiro atoms. The first-order chi connectivity index (χ1) is 17.9. The van der Waals surface area contributed by atoms with Crippen LogP contribution in [0.15, 0.2) is 83.4 Å². The number of anilines is 1. The average molecular weight is 521 g/mol. The van der Waals surface area contributed by atoms with E-state index in [1.54, 1.807) is 80.8 Å². The summed E-state index contributed by atoms with van der Waals surface area (Å²) in [6.07, 6.45) is 1.54. The van der Waals surface area contributed by atoms with Gasteiger partial charge in [0.05, 0.1) is 26.6 Å². The predicted molar refractivity (Wildman–Crippen MR) is 144 cm³/mol. The molecule has 3 rings (SSSR count). The van der Waals surface area contributed by atoms with Crippen LogP contribution >= 0.6 is 11.8 Å². The Morgan fingerprint density at radius 3 is 2.41 bits per heavy atom. The van der Waals surface area contributed by atoms with Crippen molar-refractivity contribution in [2.45, 2.75) is 11.8 Å². The van der Waals surface area contributed by atoms with Crippen LogP contribution in [0, 0.1) is 0 Å². The fourth-order valence-corrected chi connectivity index (χ4v) is 4.00. The lowest BCUT2D eigenvalue weighted by molar-refractivity contribution is -0.139. The minimum Gasteiger partial charge on any atom is -0.497 e. The molecule has 0 atom stereocenters. The highest BCUT2D eigenvalue weighted by Gasteiger charge is 2.17. The third-order valence-corrected chi connectivity index (χ3v) is 5.99. The van der Waals surface area contributed by atoms with Crippen molar-refractivity contribution in [3.05, 3.63) is 89.6 Å². The Labute approximate surface area is 220 Å². The van der Waals surface area contributed by atoms with Crippen molar-refractivity contribution >= 4 is 41.3 Å². The van der Waals surface area contributed by atoms with Gasteiger partial charge in [0.2, 0.25) is 0 Å². The van der Waals surface area contributed by atoms with E-state index in [4.69, 9.17) is 14.2 Å². The van der Waals surface area contributed by atoms with Crippen LogP contribution in [-0.2, 0) is 14.3 Å². The van der Waals surface area contributed by atoms with Crippen LogP contribution in [0.4, 0.5) is 5.69 Å². The largest absolute Gasteiger partial charge is 0.497 e. The molecule has 3 aromatic carbocycles. The Balaban J connectivity index is 1.87. The van der Waals surface area contributed by atoms with Crippen molar-refractivity contribution in [3.63, 3.8) is 0 Å². The predicted octanol–water partition coefficient (Wildman–Crippen LogP) is 4.77. The number of rotatable bonds is 11. The number of carbonyl (C=O) groups excluding carboxylic acids is 3. The summed E-state index contributed by atoms with van der Waals surface area (Å²) in [5, 5.41) is 5.52. The molecule has 0 fully saturated rings. The first kappa shape index (κ1) is 27.3. The molecule has 0 aliphatic carbocycles. The van der Waals surface area contributed by atoms with Gasteiger partial charge in [-0.05, 0) is 55.5 Å². The second kappa shape index (κ2) is 13.7. The van der Waals surface area contributed by atoms with Crippen molar-refractivity contribution < 1.29 is 28.6 Å². The zero-order valence-corrected chi connectivity index (χ0v) is 21.6. The maximum Gasteiger partial charge on any atom is 0.316 e. The summed E-state index contributed by atoms with van der Waals surface area (Å²) >= 11 is 1.30. The maximum atomic E-state index is 13.3. The highest BCUT2D eigenvalue weighted by Crippen LogP contribution is 2.27. The van der Waals surface area contributed by atoms with Crippen molar-refractivity contribution in [2.24, 2.45) is 0 Å². The Bertz CT molecular complexity index is 1280. The van der Waals surface area contributed by atoms with Crippen LogP contribution in [0.1, 0.15) is 22.8 Å². The molecule has 37 heavy (non-hydrogen) atoms. The standard InChI is InChI=1S/C28H28N2O6S/c1-4-36-26(31)18-37-23-12-8-11-21(16-23)29-28(33)24(30-27(32)19-9-6-5-7-10-19)15-20-13-14-22(34-2)17-25(20)35-3/h5-17H,4,18H2,1-3H3,(H,29,33)(H,30,32)/b24-15+. The SMILES string of the molecule is CCOC(=O)CSc1cccc(NC(=O)/C(=C\c2ccc(OC)cc2OC)NC(=O)c2ccccc2)c1. The molecule has 3 aromatic rings. The molecule has 192 valence electrons. The summed E-state index contributed by atoms with van der Waals surface area (Å²) in [6.45, 7) is 2.07. The van der Waals surface area contributed by atoms with E-state index < -0.39 is 11.8 Å². The summed E-state index contributed by atoms with van der Waals surface area (Å²) in [4.78, 5) is 38.7. The van der Waals surface area contributed by atoms with E-state index in [0.717, 1.165) is 4.90 Å². The Kier molecular flexibility index (Phi) is 10.2.